The van der Waals surface area contributed by atoms with E-state index in [-0.39, 0.29) is 0 Å². The van der Waals surface area contributed by atoms with E-state index in [0.717, 1.165) is 5.69 Å². The SMILES string of the molecule is Cc1cccc(N(C)CC(Cl)C#N)c1. The Hall–Kier alpha value is -1.20. The Bertz CT molecular complexity index is 343. The van der Waals surface area contributed by atoms with Gasteiger partial charge in [-0.2, -0.15) is 5.26 Å². The van der Waals surface area contributed by atoms with E-state index < -0.39 is 5.38 Å². The lowest BCUT2D eigenvalue weighted by atomic mass is 10.2. The van der Waals surface area contributed by atoms with Crippen LogP contribution in [0.4, 0.5) is 5.69 Å². The minimum Gasteiger partial charge on any atom is -0.372 e. The molecule has 2 nitrogen and oxygen atoms in total. The fourth-order valence-corrected chi connectivity index (χ4v) is 1.46. The van der Waals surface area contributed by atoms with Gasteiger partial charge in [-0.3, -0.25) is 0 Å². The normalized spacial score (nSPS) is 11.9. The number of benzene rings is 1. The number of anilines is 1. The smallest absolute Gasteiger partial charge is 0.137 e. The molecule has 0 saturated heterocycles. The first kappa shape index (κ1) is 10.9. The summed E-state index contributed by atoms with van der Waals surface area (Å²) in [5.74, 6) is 0. The number of hydrogen-bond acceptors (Lipinski definition) is 2. The van der Waals surface area contributed by atoms with Crippen molar-refractivity contribution in [2.24, 2.45) is 0 Å². The Labute approximate surface area is 89.7 Å². The van der Waals surface area contributed by atoms with Crippen molar-refractivity contribution in [2.45, 2.75) is 12.3 Å². The van der Waals surface area contributed by atoms with E-state index in [1.807, 2.05) is 43.1 Å². The molecule has 1 aromatic carbocycles. The zero-order chi connectivity index (χ0) is 10.6. The maximum absolute atomic E-state index is 8.58. The third-order valence-corrected chi connectivity index (χ3v) is 2.25. The van der Waals surface area contributed by atoms with E-state index >= 15 is 0 Å². The highest BCUT2D eigenvalue weighted by atomic mass is 35.5. The van der Waals surface area contributed by atoms with Gasteiger partial charge in [0.25, 0.3) is 0 Å². The highest BCUT2D eigenvalue weighted by Crippen LogP contribution is 2.15. The van der Waals surface area contributed by atoms with Crippen molar-refractivity contribution in [3.05, 3.63) is 29.8 Å². The highest BCUT2D eigenvalue weighted by Gasteiger charge is 2.07. The third-order valence-electron chi connectivity index (χ3n) is 2.02. The summed E-state index contributed by atoms with van der Waals surface area (Å²) < 4.78 is 0. The molecular weight excluding hydrogens is 196 g/mol. The van der Waals surface area contributed by atoms with E-state index in [2.05, 4.69) is 6.07 Å². The standard InChI is InChI=1S/C11H13ClN2/c1-9-4-3-5-11(6-9)14(2)8-10(12)7-13/h3-6,10H,8H2,1-2H3. The molecule has 0 amide bonds. The van der Waals surface area contributed by atoms with Crippen LogP contribution >= 0.6 is 11.6 Å². The predicted molar refractivity (Wildman–Crippen MR) is 59.7 cm³/mol. The molecule has 0 aliphatic carbocycles. The van der Waals surface area contributed by atoms with E-state index in [0.29, 0.717) is 6.54 Å². The van der Waals surface area contributed by atoms with Crippen molar-refractivity contribution < 1.29 is 0 Å². The van der Waals surface area contributed by atoms with Crippen LogP contribution in [0.3, 0.4) is 0 Å². The largest absolute Gasteiger partial charge is 0.372 e. The van der Waals surface area contributed by atoms with Crippen LogP contribution in [-0.4, -0.2) is 19.0 Å². The molecule has 0 bridgehead atoms. The molecule has 0 aromatic heterocycles. The van der Waals surface area contributed by atoms with E-state index in [4.69, 9.17) is 16.9 Å². The third kappa shape index (κ3) is 2.93. The Balaban J connectivity index is 2.70. The Kier molecular flexibility index (Phi) is 3.79. The van der Waals surface area contributed by atoms with Crippen molar-refractivity contribution in [1.29, 1.82) is 5.26 Å². The molecule has 14 heavy (non-hydrogen) atoms. The first-order chi connectivity index (χ1) is 6.63. The Morgan fingerprint density at radius 3 is 2.86 bits per heavy atom. The molecule has 0 heterocycles. The molecule has 0 spiro atoms. The van der Waals surface area contributed by atoms with Crippen LogP contribution in [-0.2, 0) is 0 Å². The number of rotatable bonds is 3. The molecule has 0 aliphatic heterocycles. The summed E-state index contributed by atoms with van der Waals surface area (Å²) in [5.41, 5.74) is 2.29. The maximum Gasteiger partial charge on any atom is 0.137 e. The van der Waals surface area contributed by atoms with Crippen LogP contribution in [0.15, 0.2) is 24.3 Å². The van der Waals surface area contributed by atoms with E-state index in [1.165, 1.54) is 5.56 Å². The van der Waals surface area contributed by atoms with Gasteiger partial charge >= 0.3 is 0 Å². The zero-order valence-electron chi connectivity index (χ0n) is 8.37. The van der Waals surface area contributed by atoms with Gasteiger partial charge in [0.1, 0.15) is 5.38 Å². The van der Waals surface area contributed by atoms with E-state index in [1.54, 1.807) is 0 Å². The predicted octanol–water partition coefficient (Wildman–Crippen LogP) is 2.56. The number of alkyl halides is 1. The van der Waals surface area contributed by atoms with Gasteiger partial charge in [0.15, 0.2) is 0 Å². The highest BCUT2D eigenvalue weighted by molar-refractivity contribution is 6.22. The molecule has 0 saturated carbocycles. The van der Waals surface area contributed by atoms with Gasteiger partial charge < -0.3 is 4.90 Å². The van der Waals surface area contributed by atoms with Gasteiger partial charge in [0.2, 0.25) is 0 Å². The van der Waals surface area contributed by atoms with Crippen molar-refractivity contribution in [1.82, 2.24) is 0 Å². The lowest BCUT2D eigenvalue weighted by molar-refractivity contribution is 0.910. The van der Waals surface area contributed by atoms with Crippen LogP contribution in [0.25, 0.3) is 0 Å². The van der Waals surface area contributed by atoms with Crippen molar-refractivity contribution in [2.75, 3.05) is 18.5 Å². The quantitative estimate of drug-likeness (QED) is 0.714. The second kappa shape index (κ2) is 4.88. The van der Waals surface area contributed by atoms with Gasteiger partial charge in [0.05, 0.1) is 6.07 Å². The van der Waals surface area contributed by atoms with Gasteiger partial charge in [-0.15, -0.1) is 11.6 Å². The number of halogens is 1. The molecule has 0 aliphatic rings. The molecule has 1 aromatic rings. The lowest BCUT2D eigenvalue weighted by Gasteiger charge is -2.19. The van der Waals surface area contributed by atoms with Crippen LogP contribution in [0.5, 0.6) is 0 Å². The van der Waals surface area contributed by atoms with Crippen molar-refractivity contribution >= 4 is 17.3 Å². The second-order valence-electron chi connectivity index (χ2n) is 3.32. The maximum atomic E-state index is 8.58. The Morgan fingerprint density at radius 2 is 2.29 bits per heavy atom. The van der Waals surface area contributed by atoms with Crippen LogP contribution < -0.4 is 4.90 Å². The minimum atomic E-state index is -0.458. The fourth-order valence-electron chi connectivity index (χ4n) is 1.25. The molecule has 1 rings (SSSR count). The van der Waals surface area contributed by atoms with Crippen molar-refractivity contribution in [3.8, 4) is 6.07 Å². The summed E-state index contributed by atoms with van der Waals surface area (Å²) in [7, 11) is 1.93. The minimum absolute atomic E-state index is 0.458. The molecule has 0 radical (unpaired) electrons. The molecule has 0 N–H and O–H groups in total. The summed E-state index contributed by atoms with van der Waals surface area (Å²) in [4.78, 5) is 1.98. The summed E-state index contributed by atoms with van der Waals surface area (Å²) in [6.45, 7) is 2.58. The summed E-state index contributed by atoms with van der Waals surface area (Å²) in [5, 5.41) is 8.12. The zero-order valence-corrected chi connectivity index (χ0v) is 9.12. The Morgan fingerprint density at radius 1 is 1.57 bits per heavy atom. The molecule has 74 valence electrons. The van der Waals surface area contributed by atoms with Crippen LogP contribution in [0.1, 0.15) is 5.56 Å². The summed E-state index contributed by atoms with van der Waals surface area (Å²) >= 11 is 5.75. The number of nitrogens with zero attached hydrogens (tertiary/aromatic N) is 2. The molecular formula is C11H13ClN2. The first-order valence-corrected chi connectivity index (χ1v) is 4.88. The lowest BCUT2D eigenvalue weighted by Crippen LogP contribution is -2.24. The number of nitriles is 1. The van der Waals surface area contributed by atoms with E-state index in [9.17, 15) is 0 Å². The van der Waals surface area contributed by atoms with Gasteiger partial charge in [-0.05, 0) is 24.6 Å². The van der Waals surface area contributed by atoms with Gasteiger partial charge in [0, 0.05) is 19.3 Å². The average Bonchev–Trinajstić information content (AvgIpc) is 2.17. The monoisotopic (exact) mass is 208 g/mol. The summed E-state index contributed by atoms with van der Waals surface area (Å²) in [6.07, 6.45) is 0. The van der Waals surface area contributed by atoms with Crippen LogP contribution in [0, 0.1) is 18.3 Å². The first-order valence-electron chi connectivity index (χ1n) is 4.45. The second-order valence-corrected chi connectivity index (χ2v) is 3.84. The van der Waals surface area contributed by atoms with Crippen LogP contribution in [0.2, 0.25) is 0 Å². The number of hydrogen-bond donors (Lipinski definition) is 0. The number of aryl methyl sites for hydroxylation is 1. The topological polar surface area (TPSA) is 27.0 Å². The average molecular weight is 209 g/mol. The van der Waals surface area contributed by atoms with Gasteiger partial charge in [-0.25, -0.2) is 0 Å². The molecule has 0 fully saturated rings. The molecule has 1 unspecified atom stereocenters. The van der Waals surface area contributed by atoms with Gasteiger partial charge in [-0.1, -0.05) is 12.1 Å². The molecule has 1 atom stereocenters. The molecule has 3 heteroatoms. The summed E-state index contributed by atoms with van der Waals surface area (Å²) in [6, 6.07) is 10.1. The fraction of sp³-hybridized carbons (Fsp3) is 0.364. The van der Waals surface area contributed by atoms with Crippen molar-refractivity contribution in [3.63, 3.8) is 0 Å².